The van der Waals surface area contributed by atoms with Crippen LogP contribution in [0.15, 0.2) is 42.5 Å². The van der Waals surface area contributed by atoms with Crippen LogP contribution in [-0.2, 0) is 6.54 Å². The zero-order valence-corrected chi connectivity index (χ0v) is 16.0. The summed E-state index contributed by atoms with van der Waals surface area (Å²) >= 11 is 5.61. The van der Waals surface area contributed by atoms with Crippen LogP contribution < -0.4 is 10.6 Å². The lowest BCUT2D eigenvalue weighted by Gasteiger charge is -2.24. The van der Waals surface area contributed by atoms with Crippen molar-refractivity contribution in [2.75, 3.05) is 5.32 Å². The van der Waals surface area contributed by atoms with Crippen molar-refractivity contribution >= 4 is 44.8 Å². The average molecular weight is 364 g/mol. The second-order valence-electron chi connectivity index (χ2n) is 7.87. The van der Waals surface area contributed by atoms with Crippen molar-refractivity contribution < 1.29 is 0 Å². The maximum atomic E-state index is 5.61. The molecule has 3 aromatic rings. The lowest BCUT2D eigenvalue weighted by Crippen LogP contribution is -2.40. The number of hydrogen-bond donors (Lipinski definition) is 2. The molecule has 26 heavy (non-hydrogen) atoms. The van der Waals surface area contributed by atoms with Gasteiger partial charge in [-0.25, -0.2) is 0 Å². The molecule has 2 aliphatic carbocycles. The fourth-order valence-corrected chi connectivity index (χ4v) is 5.50. The summed E-state index contributed by atoms with van der Waals surface area (Å²) in [7, 11) is 0. The molecule has 3 nitrogen and oxygen atoms in total. The number of para-hydroxylation sites is 1. The molecule has 4 heteroatoms. The molecule has 134 valence electrons. The quantitative estimate of drug-likeness (QED) is 0.620. The molecule has 0 spiro atoms. The summed E-state index contributed by atoms with van der Waals surface area (Å²) in [6.45, 7) is 3.17. The summed E-state index contributed by atoms with van der Waals surface area (Å²) < 4.78 is 2.38. The molecule has 3 atom stereocenters. The highest BCUT2D eigenvalue weighted by molar-refractivity contribution is 7.80. The van der Waals surface area contributed by atoms with Crippen LogP contribution >= 0.6 is 12.2 Å². The Bertz CT molecular complexity index is 990. The second-order valence-corrected chi connectivity index (χ2v) is 8.28. The molecule has 0 aliphatic heterocycles. The first-order chi connectivity index (χ1) is 12.7. The predicted molar refractivity (Wildman–Crippen MR) is 114 cm³/mol. The van der Waals surface area contributed by atoms with Gasteiger partial charge >= 0.3 is 0 Å². The Morgan fingerprint density at radius 1 is 1.08 bits per heavy atom. The predicted octanol–water partition coefficient (Wildman–Crippen LogP) is 5.29. The van der Waals surface area contributed by atoms with Gasteiger partial charge in [0.1, 0.15) is 0 Å². The molecule has 1 aromatic heterocycles. The van der Waals surface area contributed by atoms with E-state index in [2.05, 4.69) is 64.6 Å². The largest absolute Gasteiger partial charge is 0.359 e. The van der Waals surface area contributed by atoms with Gasteiger partial charge in [0.25, 0.3) is 0 Å². The van der Waals surface area contributed by atoms with Gasteiger partial charge in [0.15, 0.2) is 5.11 Å². The molecule has 3 unspecified atom stereocenters. The Kier molecular flexibility index (Phi) is 3.89. The molecular formula is C22H25N3S. The van der Waals surface area contributed by atoms with E-state index in [-0.39, 0.29) is 0 Å². The van der Waals surface area contributed by atoms with E-state index in [9.17, 15) is 0 Å². The van der Waals surface area contributed by atoms with Crippen molar-refractivity contribution in [1.82, 2.24) is 9.88 Å². The van der Waals surface area contributed by atoms with Crippen LogP contribution in [0.2, 0.25) is 0 Å². The molecule has 0 saturated heterocycles. The normalized spacial score (nSPS) is 24.4. The Morgan fingerprint density at radius 2 is 1.92 bits per heavy atom. The third kappa shape index (κ3) is 2.59. The number of nitrogens with one attached hydrogen (secondary N) is 2. The lowest BCUT2D eigenvalue weighted by molar-refractivity contribution is 0.392. The molecule has 2 N–H and O–H groups in total. The van der Waals surface area contributed by atoms with Crippen molar-refractivity contribution in [3.63, 3.8) is 0 Å². The van der Waals surface area contributed by atoms with Crippen molar-refractivity contribution in [1.29, 1.82) is 0 Å². The monoisotopic (exact) mass is 363 g/mol. The Hall–Kier alpha value is -2.07. The number of thiocarbonyl (C=S) groups is 1. The van der Waals surface area contributed by atoms with Gasteiger partial charge in [-0.15, -0.1) is 0 Å². The molecule has 5 rings (SSSR count). The van der Waals surface area contributed by atoms with Gasteiger partial charge in [0.05, 0.1) is 0 Å². The van der Waals surface area contributed by atoms with Crippen LogP contribution in [0.25, 0.3) is 21.8 Å². The van der Waals surface area contributed by atoms with E-state index in [0.717, 1.165) is 29.2 Å². The van der Waals surface area contributed by atoms with E-state index >= 15 is 0 Å². The fraction of sp³-hybridized carbons (Fsp3) is 0.409. The number of nitrogens with zero attached hydrogens (tertiary/aromatic N) is 1. The number of anilines is 1. The van der Waals surface area contributed by atoms with E-state index in [1.54, 1.807) is 0 Å². The van der Waals surface area contributed by atoms with E-state index in [0.29, 0.717) is 6.04 Å². The molecular weight excluding hydrogens is 338 g/mol. The van der Waals surface area contributed by atoms with Gasteiger partial charge in [-0.2, -0.15) is 0 Å². The molecule has 0 radical (unpaired) electrons. The number of hydrogen-bond acceptors (Lipinski definition) is 1. The van der Waals surface area contributed by atoms with Crippen molar-refractivity contribution in [2.45, 2.75) is 45.2 Å². The Balaban J connectivity index is 1.41. The zero-order chi connectivity index (χ0) is 17.7. The van der Waals surface area contributed by atoms with Gasteiger partial charge in [-0.3, -0.25) is 0 Å². The first kappa shape index (κ1) is 16.1. The van der Waals surface area contributed by atoms with E-state index in [4.69, 9.17) is 12.2 Å². The smallest absolute Gasteiger partial charge is 0.171 e. The summed E-state index contributed by atoms with van der Waals surface area (Å²) in [6.07, 6.45) is 5.47. The minimum Gasteiger partial charge on any atom is -0.359 e. The highest BCUT2D eigenvalue weighted by atomic mass is 32.1. The topological polar surface area (TPSA) is 29.0 Å². The lowest BCUT2D eigenvalue weighted by atomic mass is 9.96. The maximum Gasteiger partial charge on any atom is 0.171 e. The van der Waals surface area contributed by atoms with Crippen LogP contribution in [0.3, 0.4) is 0 Å². The standard InChI is InChI=1S/C22H25N3S/c1-2-25-20-6-4-3-5-17(20)18-13-16(9-10-21(18)25)23-22(26)24-19-12-14-7-8-15(19)11-14/h3-6,9-10,13-15,19H,2,7-8,11-12H2,1H3,(H2,23,24,26). The van der Waals surface area contributed by atoms with Gasteiger partial charge in [0.2, 0.25) is 0 Å². The summed E-state index contributed by atoms with van der Waals surface area (Å²) in [6, 6.07) is 15.8. The first-order valence-corrected chi connectivity index (χ1v) is 10.2. The summed E-state index contributed by atoms with van der Waals surface area (Å²) in [5.41, 5.74) is 3.65. The molecule has 2 aliphatic rings. The van der Waals surface area contributed by atoms with E-state index < -0.39 is 0 Å². The number of aromatic nitrogens is 1. The minimum atomic E-state index is 0.569. The van der Waals surface area contributed by atoms with Gasteiger partial charge < -0.3 is 15.2 Å². The molecule has 0 amide bonds. The van der Waals surface area contributed by atoms with Crippen molar-refractivity contribution in [3.8, 4) is 0 Å². The van der Waals surface area contributed by atoms with Crippen LogP contribution in [-0.4, -0.2) is 15.7 Å². The number of aryl methyl sites for hydroxylation is 1. The average Bonchev–Trinajstić information content (AvgIpc) is 3.34. The highest BCUT2D eigenvalue weighted by Gasteiger charge is 2.39. The van der Waals surface area contributed by atoms with Crippen molar-refractivity contribution in [2.24, 2.45) is 11.8 Å². The number of rotatable bonds is 3. The minimum absolute atomic E-state index is 0.569. The summed E-state index contributed by atoms with van der Waals surface area (Å²) in [5.74, 6) is 1.75. The first-order valence-electron chi connectivity index (χ1n) is 9.81. The van der Waals surface area contributed by atoms with Crippen molar-refractivity contribution in [3.05, 3.63) is 42.5 Å². The summed E-state index contributed by atoms with van der Waals surface area (Å²) in [4.78, 5) is 0. The number of benzene rings is 2. The molecule has 2 aromatic carbocycles. The molecule has 1 heterocycles. The SMILES string of the molecule is CCn1c2ccccc2c2cc(NC(=S)NC3CC4CCC3C4)ccc21. The van der Waals surface area contributed by atoms with Crippen LogP contribution in [0.4, 0.5) is 5.69 Å². The number of fused-ring (bicyclic) bond motifs is 5. The fourth-order valence-electron chi connectivity index (χ4n) is 5.23. The van der Waals surface area contributed by atoms with Gasteiger partial charge in [-0.05, 0) is 74.5 Å². The van der Waals surface area contributed by atoms with Crippen LogP contribution in [0, 0.1) is 11.8 Å². The van der Waals surface area contributed by atoms with Crippen LogP contribution in [0.5, 0.6) is 0 Å². The van der Waals surface area contributed by atoms with Gasteiger partial charge in [-0.1, -0.05) is 24.6 Å². The van der Waals surface area contributed by atoms with E-state index in [1.807, 2.05) is 0 Å². The van der Waals surface area contributed by atoms with Gasteiger partial charge in [0, 0.05) is 40.1 Å². The second kappa shape index (κ2) is 6.27. The zero-order valence-electron chi connectivity index (χ0n) is 15.2. The van der Waals surface area contributed by atoms with E-state index in [1.165, 1.54) is 47.5 Å². The Labute approximate surface area is 159 Å². The summed E-state index contributed by atoms with van der Waals surface area (Å²) in [5, 5.41) is 10.4. The molecule has 2 saturated carbocycles. The third-order valence-corrected chi connectivity index (χ3v) is 6.62. The maximum absolute atomic E-state index is 5.61. The highest BCUT2D eigenvalue weighted by Crippen LogP contribution is 2.44. The van der Waals surface area contributed by atoms with Crippen LogP contribution in [0.1, 0.15) is 32.6 Å². The molecule has 2 fully saturated rings. The molecule has 2 bridgehead atoms. The third-order valence-electron chi connectivity index (χ3n) is 6.40. The Morgan fingerprint density at radius 3 is 2.69 bits per heavy atom.